The SMILES string of the molecule is CC1(C)COC(=O)N[C@@H](C(C)(C)C)C(=O)N2CC(C[C@H]2C(=O)NC2(C(=O)NS(=O)(=O)C3(C)CC3)C[C@H]2C(F)F)Oc2ncc(C(F)(F)F)cc2C(F)(F)/C=C/CO1. The van der Waals surface area contributed by atoms with Gasteiger partial charge in [-0.25, -0.2) is 27.0 Å². The third kappa shape index (κ3) is 9.41. The van der Waals surface area contributed by atoms with E-state index in [0.29, 0.717) is 0 Å². The number of ether oxygens (including phenoxy) is 3. The Bertz CT molecular complexity index is 1920. The lowest BCUT2D eigenvalue weighted by Crippen LogP contribution is -2.60. The first-order chi connectivity index (χ1) is 26.0. The Balaban J connectivity index is 1.55. The van der Waals surface area contributed by atoms with Crippen molar-refractivity contribution in [3.05, 3.63) is 35.5 Å². The Hall–Kier alpha value is -4.21. The number of aromatic nitrogens is 1. The number of cyclic esters (lactones) is 1. The van der Waals surface area contributed by atoms with E-state index >= 15 is 8.78 Å². The molecule has 0 radical (unpaired) electrons. The Morgan fingerprint density at radius 2 is 1.74 bits per heavy atom. The first-order valence-corrected chi connectivity index (χ1v) is 19.3. The second kappa shape index (κ2) is 14.9. The van der Waals surface area contributed by atoms with E-state index < -0.39 is 147 Å². The molecule has 1 aromatic heterocycles. The highest BCUT2D eigenvalue weighted by molar-refractivity contribution is 7.91. The molecule has 4 aliphatic rings. The number of alkyl carbamates (subject to hydrolysis) is 1. The molecule has 3 fully saturated rings. The lowest BCUT2D eigenvalue weighted by atomic mass is 9.85. The zero-order valence-electron chi connectivity index (χ0n) is 31.8. The number of halogens is 7. The molecular formula is C35H44F7N5O9S. The highest BCUT2D eigenvalue weighted by Gasteiger charge is 2.67. The molecule has 22 heteroatoms. The van der Waals surface area contributed by atoms with Crippen LogP contribution in [-0.4, -0.2) is 102 Å². The molecule has 3 N–H and O–H groups in total. The summed E-state index contributed by atoms with van der Waals surface area (Å²) < 4.78 is 144. The van der Waals surface area contributed by atoms with Gasteiger partial charge in [0.25, 0.3) is 11.8 Å². The molecule has 1 aromatic rings. The lowest BCUT2D eigenvalue weighted by molar-refractivity contribution is -0.143. The monoisotopic (exact) mass is 843 g/mol. The van der Waals surface area contributed by atoms with Gasteiger partial charge in [0, 0.05) is 12.6 Å². The predicted octanol–water partition coefficient (Wildman–Crippen LogP) is 4.18. The molecule has 0 aromatic carbocycles. The minimum absolute atomic E-state index is 0.132. The van der Waals surface area contributed by atoms with Crippen LogP contribution in [0, 0.1) is 11.3 Å². The van der Waals surface area contributed by atoms with E-state index in [9.17, 15) is 49.5 Å². The normalized spacial score (nSPS) is 29.4. The number of rotatable bonds is 6. The van der Waals surface area contributed by atoms with E-state index in [1.54, 1.807) is 25.5 Å². The largest absolute Gasteiger partial charge is 0.472 e. The summed E-state index contributed by atoms with van der Waals surface area (Å²) in [4.78, 5) is 59.3. The Morgan fingerprint density at radius 1 is 1.09 bits per heavy atom. The van der Waals surface area contributed by atoms with E-state index in [1.165, 1.54) is 20.8 Å². The molecule has 2 unspecified atom stereocenters. The van der Waals surface area contributed by atoms with E-state index in [4.69, 9.17) is 14.2 Å². The van der Waals surface area contributed by atoms with Crippen molar-refractivity contribution in [1.82, 2.24) is 25.2 Å². The van der Waals surface area contributed by atoms with E-state index in [2.05, 4.69) is 15.6 Å². The maximum Gasteiger partial charge on any atom is 0.417 e. The first kappa shape index (κ1) is 43.9. The minimum atomic E-state index is -5.11. The van der Waals surface area contributed by atoms with Crippen LogP contribution >= 0.6 is 0 Å². The van der Waals surface area contributed by atoms with E-state index in [-0.39, 0.29) is 31.2 Å². The number of nitrogens with one attached hydrogen (secondary N) is 3. The van der Waals surface area contributed by atoms with Crippen LogP contribution in [0.25, 0.3) is 0 Å². The zero-order chi connectivity index (χ0) is 42.7. The molecule has 4 amide bonds. The molecule has 0 spiro atoms. The Morgan fingerprint density at radius 3 is 2.30 bits per heavy atom. The topological polar surface area (TPSA) is 182 Å². The van der Waals surface area contributed by atoms with Crippen molar-refractivity contribution in [2.75, 3.05) is 19.8 Å². The fraction of sp³-hybridized carbons (Fsp3) is 0.686. The number of allylic oxidation sites excluding steroid dienone is 1. The van der Waals surface area contributed by atoms with Gasteiger partial charge in [0.1, 0.15) is 30.3 Å². The number of carbonyl (C=O) groups excluding carboxylic acids is 4. The zero-order valence-corrected chi connectivity index (χ0v) is 32.6. The standard InChI is InChI=1S/C35H44F7N5O9S/c1-30(2,3)23-27(49)47-16-19(13-22(47)25(48)45-33(14-21(33)24(36)37)28(50)46-57(52,53)32(6)9-10-32)56-26-20(12-18(15-43-26)35(40,41)42)34(38,39)8-7-11-55-31(4,5)17-54-29(51)44-23/h7-8,12,15,19,21-24H,9-11,13-14,16-17H2,1-6H3,(H,44,51)(H,45,48)(H,46,50)/b8-7+/t19?,21-,22-,23+,33?/m0/s1. The molecule has 5 rings (SSSR count). The Kier molecular flexibility index (Phi) is 11.5. The molecule has 2 aliphatic carbocycles. The minimum Gasteiger partial charge on any atom is -0.472 e. The molecule has 3 heterocycles. The predicted molar refractivity (Wildman–Crippen MR) is 184 cm³/mol. The van der Waals surface area contributed by atoms with Crippen LogP contribution in [0.4, 0.5) is 35.5 Å². The van der Waals surface area contributed by atoms with Crippen molar-refractivity contribution < 1.29 is 72.5 Å². The summed E-state index contributed by atoms with van der Waals surface area (Å²) in [6.07, 6.45) is -10.5. The van der Waals surface area contributed by atoms with Crippen LogP contribution in [0.1, 0.15) is 78.4 Å². The third-order valence-electron chi connectivity index (χ3n) is 10.4. The van der Waals surface area contributed by atoms with Crippen molar-refractivity contribution in [1.29, 1.82) is 0 Å². The van der Waals surface area contributed by atoms with Gasteiger partial charge in [-0.2, -0.15) is 22.0 Å². The molecule has 2 saturated carbocycles. The second-order valence-corrected chi connectivity index (χ2v) is 18.9. The summed E-state index contributed by atoms with van der Waals surface area (Å²) >= 11 is 0. The smallest absolute Gasteiger partial charge is 0.417 e. The number of fused-ring (bicyclic) bond motifs is 3. The van der Waals surface area contributed by atoms with Crippen LogP contribution in [0.2, 0.25) is 0 Å². The van der Waals surface area contributed by atoms with Crippen LogP contribution in [0.5, 0.6) is 5.88 Å². The number of carbonyl (C=O) groups is 4. The van der Waals surface area contributed by atoms with E-state index in [1.807, 2.05) is 0 Å². The summed E-state index contributed by atoms with van der Waals surface area (Å²) in [5.74, 6) is -10.7. The van der Waals surface area contributed by atoms with Crippen molar-refractivity contribution in [2.45, 2.75) is 120 Å². The van der Waals surface area contributed by atoms with Gasteiger partial charge in [-0.3, -0.25) is 19.1 Å². The maximum absolute atomic E-state index is 15.7. The number of alkyl halides is 7. The molecule has 57 heavy (non-hydrogen) atoms. The summed E-state index contributed by atoms with van der Waals surface area (Å²) in [7, 11) is -4.37. The second-order valence-electron chi connectivity index (χ2n) is 16.7. The summed E-state index contributed by atoms with van der Waals surface area (Å²) in [6, 6.07) is -3.11. The third-order valence-corrected chi connectivity index (χ3v) is 12.5. The van der Waals surface area contributed by atoms with Gasteiger partial charge in [-0.05, 0) is 57.6 Å². The average molecular weight is 844 g/mol. The van der Waals surface area contributed by atoms with Gasteiger partial charge in [0.15, 0.2) is 0 Å². The van der Waals surface area contributed by atoms with Gasteiger partial charge in [-0.15, -0.1) is 0 Å². The van der Waals surface area contributed by atoms with Gasteiger partial charge in [0.05, 0.1) is 40.5 Å². The van der Waals surface area contributed by atoms with Crippen LogP contribution in [0.15, 0.2) is 24.4 Å². The van der Waals surface area contributed by atoms with Crippen molar-refractivity contribution in [3.8, 4) is 5.88 Å². The fourth-order valence-corrected chi connectivity index (χ4v) is 7.74. The first-order valence-electron chi connectivity index (χ1n) is 17.9. The maximum atomic E-state index is 15.7. The lowest BCUT2D eigenvalue weighted by Gasteiger charge is -2.35. The Labute approximate surface area is 323 Å². The number of amides is 4. The van der Waals surface area contributed by atoms with Crippen LogP contribution < -0.4 is 20.1 Å². The van der Waals surface area contributed by atoms with Crippen LogP contribution in [0.3, 0.4) is 0 Å². The molecule has 14 nitrogen and oxygen atoms in total. The molecule has 2 bridgehead atoms. The molecule has 1 saturated heterocycles. The van der Waals surface area contributed by atoms with Gasteiger partial charge < -0.3 is 29.7 Å². The highest BCUT2D eigenvalue weighted by Crippen LogP contribution is 2.49. The number of nitrogens with zero attached hydrogens (tertiary/aromatic N) is 2. The number of pyridine rings is 1. The quantitative estimate of drug-likeness (QED) is 0.278. The molecule has 5 atom stereocenters. The number of hydrogen-bond acceptors (Lipinski definition) is 10. The highest BCUT2D eigenvalue weighted by atomic mass is 32.2. The van der Waals surface area contributed by atoms with Crippen molar-refractivity contribution >= 4 is 33.8 Å². The number of sulfonamides is 1. The van der Waals surface area contributed by atoms with E-state index in [0.717, 1.165) is 11.0 Å². The summed E-state index contributed by atoms with van der Waals surface area (Å²) in [5, 5.41) is 4.64. The van der Waals surface area contributed by atoms with Crippen molar-refractivity contribution in [3.63, 3.8) is 0 Å². The van der Waals surface area contributed by atoms with Gasteiger partial charge in [0.2, 0.25) is 34.1 Å². The van der Waals surface area contributed by atoms with Crippen molar-refractivity contribution in [2.24, 2.45) is 11.3 Å². The van der Waals surface area contributed by atoms with Crippen LogP contribution in [-0.2, 0) is 46.0 Å². The van der Waals surface area contributed by atoms with Gasteiger partial charge >= 0.3 is 12.3 Å². The summed E-state index contributed by atoms with van der Waals surface area (Å²) in [6.45, 7) is 7.23. The average Bonchev–Trinajstić information content (AvgIpc) is 3.98. The fourth-order valence-electron chi connectivity index (χ4n) is 6.43. The number of hydrogen-bond donors (Lipinski definition) is 3. The molecule has 318 valence electrons. The van der Waals surface area contributed by atoms with Gasteiger partial charge in [-0.1, -0.05) is 26.8 Å². The molecular weight excluding hydrogens is 799 g/mol. The molecule has 2 aliphatic heterocycles. The summed E-state index contributed by atoms with van der Waals surface area (Å²) in [5.41, 5.74) is -7.76.